The number of rotatable bonds is 4. The quantitative estimate of drug-likeness (QED) is 0.559. The number of thiophene rings is 1. The fraction of sp³-hybridized carbons (Fsp3) is 0.308. The molecule has 1 N–H and O–H groups in total. The van der Waals surface area contributed by atoms with Gasteiger partial charge in [-0.05, 0) is 54.5 Å². The predicted octanol–water partition coefficient (Wildman–Crippen LogP) is 5.92. The minimum absolute atomic E-state index is 0.0563. The average Bonchev–Trinajstić information content (AvgIpc) is 3.49. The summed E-state index contributed by atoms with van der Waals surface area (Å²) in [4.78, 5) is 30.6. The Morgan fingerprint density at radius 2 is 1.74 bits per heavy atom. The van der Waals surface area contributed by atoms with Crippen molar-refractivity contribution in [2.75, 3.05) is 5.32 Å². The molecule has 1 aliphatic heterocycles. The van der Waals surface area contributed by atoms with E-state index in [2.05, 4.69) is 11.4 Å². The summed E-state index contributed by atoms with van der Waals surface area (Å²) in [6.07, 6.45) is 4.27. The van der Waals surface area contributed by atoms with Crippen molar-refractivity contribution < 1.29 is 9.59 Å². The standard InChI is InChI=1S/C26H26N2O2S/c1-17-9-2-7-14-21(17)27-25(29)23-19-12-5-6-13-20(19)26(30)28(18-10-3-4-11-18)24(23)22-15-8-16-31-22/h2,5-9,12-16,18,23-24H,3-4,10-11H2,1H3,(H,27,29)/t23-,24-/m1/s1. The summed E-state index contributed by atoms with van der Waals surface area (Å²) in [6, 6.07) is 19.4. The number of para-hydroxylation sites is 1. The van der Waals surface area contributed by atoms with E-state index in [9.17, 15) is 9.59 Å². The molecule has 1 aliphatic carbocycles. The molecule has 1 saturated carbocycles. The summed E-state index contributed by atoms with van der Waals surface area (Å²) >= 11 is 1.63. The Hall–Kier alpha value is -2.92. The van der Waals surface area contributed by atoms with E-state index in [-0.39, 0.29) is 23.9 Å². The minimum Gasteiger partial charge on any atom is -0.327 e. The molecule has 5 heteroatoms. The van der Waals surface area contributed by atoms with Crippen LogP contribution in [-0.2, 0) is 4.79 Å². The van der Waals surface area contributed by atoms with E-state index in [1.54, 1.807) is 11.3 Å². The van der Waals surface area contributed by atoms with Gasteiger partial charge in [0.05, 0.1) is 12.0 Å². The van der Waals surface area contributed by atoms with Crippen LogP contribution in [0, 0.1) is 6.92 Å². The van der Waals surface area contributed by atoms with Crippen molar-refractivity contribution in [1.82, 2.24) is 4.90 Å². The van der Waals surface area contributed by atoms with Crippen LogP contribution in [0.5, 0.6) is 0 Å². The fourth-order valence-corrected chi connectivity index (χ4v) is 5.96. The molecule has 0 unspecified atom stereocenters. The topological polar surface area (TPSA) is 49.4 Å². The van der Waals surface area contributed by atoms with Crippen LogP contribution in [-0.4, -0.2) is 22.8 Å². The molecule has 1 fully saturated rings. The predicted molar refractivity (Wildman–Crippen MR) is 124 cm³/mol. The highest BCUT2D eigenvalue weighted by Crippen LogP contribution is 2.47. The third-order valence-electron chi connectivity index (χ3n) is 6.61. The maximum absolute atomic E-state index is 13.8. The number of anilines is 1. The Bertz CT molecular complexity index is 1100. The normalized spacial score (nSPS) is 21.2. The van der Waals surface area contributed by atoms with Gasteiger partial charge in [-0.3, -0.25) is 9.59 Å². The summed E-state index contributed by atoms with van der Waals surface area (Å²) in [5.41, 5.74) is 3.33. The Morgan fingerprint density at radius 1 is 1.00 bits per heavy atom. The lowest BCUT2D eigenvalue weighted by molar-refractivity contribution is -0.119. The third kappa shape index (κ3) is 3.57. The van der Waals surface area contributed by atoms with Gasteiger partial charge >= 0.3 is 0 Å². The summed E-state index contributed by atoms with van der Waals surface area (Å²) in [5.74, 6) is -0.454. The SMILES string of the molecule is Cc1ccccc1NC(=O)[C@@H]1c2ccccc2C(=O)N(C2CCCC2)[C@@H]1c1cccs1. The maximum Gasteiger partial charge on any atom is 0.254 e. The van der Waals surface area contributed by atoms with Gasteiger partial charge in [-0.25, -0.2) is 0 Å². The lowest BCUT2D eigenvalue weighted by Gasteiger charge is -2.44. The molecule has 0 saturated heterocycles. The van der Waals surface area contributed by atoms with E-state index in [4.69, 9.17) is 0 Å². The van der Waals surface area contributed by atoms with Crippen LogP contribution >= 0.6 is 11.3 Å². The molecule has 31 heavy (non-hydrogen) atoms. The van der Waals surface area contributed by atoms with Crippen LogP contribution in [0.3, 0.4) is 0 Å². The zero-order chi connectivity index (χ0) is 21.4. The molecule has 2 amide bonds. The number of benzene rings is 2. The highest BCUT2D eigenvalue weighted by atomic mass is 32.1. The summed E-state index contributed by atoms with van der Waals surface area (Å²) in [7, 11) is 0. The van der Waals surface area contributed by atoms with Crippen LogP contribution < -0.4 is 5.32 Å². The van der Waals surface area contributed by atoms with Gasteiger partial charge in [0.15, 0.2) is 0 Å². The molecule has 2 aliphatic rings. The van der Waals surface area contributed by atoms with Gasteiger partial charge in [0.2, 0.25) is 5.91 Å². The number of aryl methyl sites for hydroxylation is 1. The highest BCUT2D eigenvalue weighted by molar-refractivity contribution is 7.10. The lowest BCUT2D eigenvalue weighted by Crippen LogP contribution is -2.49. The largest absolute Gasteiger partial charge is 0.327 e. The van der Waals surface area contributed by atoms with Crippen LogP contribution in [0.15, 0.2) is 66.0 Å². The van der Waals surface area contributed by atoms with Gasteiger partial charge in [-0.15, -0.1) is 11.3 Å². The number of hydrogen-bond donors (Lipinski definition) is 1. The first-order chi connectivity index (χ1) is 15.1. The summed E-state index contributed by atoms with van der Waals surface area (Å²) in [5, 5.41) is 5.20. The van der Waals surface area contributed by atoms with Crippen molar-refractivity contribution in [3.63, 3.8) is 0 Å². The smallest absolute Gasteiger partial charge is 0.254 e. The molecule has 2 aromatic carbocycles. The fourth-order valence-electron chi connectivity index (χ4n) is 5.10. The van der Waals surface area contributed by atoms with Crippen molar-refractivity contribution in [2.45, 2.75) is 50.6 Å². The number of carbonyl (C=O) groups excluding carboxylic acids is 2. The first-order valence-electron chi connectivity index (χ1n) is 11.0. The van der Waals surface area contributed by atoms with E-state index < -0.39 is 5.92 Å². The molecule has 2 heterocycles. The first kappa shape index (κ1) is 20.0. The molecule has 0 radical (unpaired) electrons. The van der Waals surface area contributed by atoms with Crippen LogP contribution in [0.1, 0.15) is 64.0 Å². The molecular formula is C26H26N2O2S. The average molecular weight is 431 g/mol. The molecule has 0 bridgehead atoms. The Morgan fingerprint density at radius 3 is 2.48 bits per heavy atom. The Labute approximate surface area is 186 Å². The first-order valence-corrected chi connectivity index (χ1v) is 11.8. The summed E-state index contributed by atoms with van der Waals surface area (Å²) < 4.78 is 0. The van der Waals surface area contributed by atoms with Gasteiger partial charge in [0.1, 0.15) is 0 Å². The molecular weight excluding hydrogens is 404 g/mol. The zero-order valence-electron chi connectivity index (χ0n) is 17.6. The second kappa shape index (κ2) is 8.31. The van der Waals surface area contributed by atoms with E-state index >= 15 is 0 Å². The van der Waals surface area contributed by atoms with E-state index in [0.29, 0.717) is 5.56 Å². The van der Waals surface area contributed by atoms with Gasteiger partial charge in [0, 0.05) is 22.2 Å². The molecule has 3 aromatic rings. The maximum atomic E-state index is 13.8. The van der Waals surface area contributed by atoms with Crippen LogP contribution in [0.2, 0.25) is 0 Å². The highest BCUT2D eigenvalue weighted by Gasteiger charge is 2.47. The number of hydrogen-bond acceptors (Lipinski definition) is 3. The van der Waals surface area contributed by atoms with Crippen molar-refractivity contribution in [2.24, 2.45) is 0 Å². The molecule has 2 atom stereocenters. The van der Waals surface area contributed by atoms with E-state index in [1.165, 1.54) is 0 Å². The second-order valence-electron chi connectivity index (χ2n) is 8.48. The monoisotopic (exact) mass is 430 g/mol. The minimum atomic E-state index is -0.451. The van der Waals surface area contributed by atoms with Crippen molar-refractivity contribution >= 4 is 28.8 Å². The number of nitrogens with zero attached hydrogens (tertiary/aromatic N) is 1. The van der Waals surface area contributed by atoms with Gasteiger partial charge in [-0.2, -0.15) is 0 Å². The van der Waals surface area contributed by atoms with Crippen LogP contribution in [0.4, 0.5) is 5.69 Å². The van der Waals surface area contributed by atoms with Gasteiger partial charge in [-0.1, -0.05) is 55.3 Å². The molecule has 158 valence electrons. The Kier molecular flexibility index (Phi) is 5.36. The van der Waals surface area contributed by atoms with E-state index in [0.717, 1.165) is 47.4 Å². The molecule has 0 spiro atoms. The Balaban J connectivity index is 1.63. The van der Waals surface area contributed by atoms with Crippen molar-refractivity contribution in [3.05, 3.63) is 87.6 Å². The number of amides is 2. The van der Waals surface area contributed by atoms with Crippen molar-refractivity contribution in [3.8, 4) is 0 Å². The number of nitrogens with one attached hydrogen (secondary N) is 1. The van der Waals surface area contributed by atoms with Gasteiger partial charge in [0.25, 0.3) is 5.91 Å². The number of carbonyl (C=O) groups is 2. The van der Waals surface area contributed by atoms with Crippen molar-refractivity contribution in [1.29, 1.82) is 0 Å². The van der Waals surface area contributed by atoms with Gasteiger partial charge < -0.3 is 10.2 Å². The van der Waals surface area contributed by atoms with Crippen LogP contribution in [0.25, 0.3) is 0 Å². The molecule has 4 nitrogen and oxygen atoms in total. The third-order valence-corrected chi connectivity index (χ3v) is 7.56. The molecule has 5 rings (SSSR count). The summed E-state index contributed by atoms with van der Waals surface area (Å²) in [6.45, 7) is 2.00. The second-order valence-corrected chi connectivity index (χ2v) is 9.46. The van der Waals surface area contributed by atoms with E-state index in [1.807, 2.05) is 71.8 Å². The lowest BCUT2D eigenvalue weighted by atomic mass is 9.80. The molecule has 1 aromatic heterocycles. The number of fused-ring (bicyclic) bond motifs is 1. The zero-order valence-corrected chi connectivity index (χ0v) is 18.4.